The van der Waals surface area contributed by atoms with Crippen molar-refractivity contribution in [2.45, 2.75) is 12.6 Å². The highest BCUT2D eigenvalue weighted by Crippen LogP contribution is 2.20. The van der Waals surface area contributed by atoms with Crippen LogP contribution >= 0.6 is 0 Å². The van der Waals surface area contributed by atoms with Crippen LogP contribution in [0.1, 0.15) is 6.42 Å². The number of hydrogen-bond acceptors (Lipinski definition) is 3. The van der Waals surface area contributed by atoms with E-state index in [2.05, 4.69) is 4.74 Å². The SMILES string of the molecule is O=C(CCOCC(F)(F)F)N1CCN(c2ccccc2F)CC1. The molecule has 1 fully saturated rings. The predicted molar refractivity (Wildman–Crippen MR) is 76.7 cm³/mol. The van der Waals surface area contributed by atoms with Gasteiger partial charge in [0.1, 0.15) is 12.4 Å². The molecule has 8 heteroatoms. The van der Waals surface area contributed by atoms with Crippen LogP contribution in [0.3, 0.4) is 0 Å². The molecule has 1 aliphatic rings. The summed E-state index contributed by atoms with van der Waals surface area (Å²) in [5, 5.41) is 0. The molecule has 1 heterocycles. The number of rotatable bonds is 5. The Bertz CT molecular complexity index is 528. The van der Waals surface area contributed by atoms with Crippen LogP contribution in [0.4, 0.5) is 23.2 Å². The topological polar surface area (TPSA) is 32.8 Å². The van der Waals surface area contributed by atoms with Crippen molar-refractivity contribution in [2.24, 2.45) is 0 Å². The molecular weight excluding hydrogens is 316 g/mol. The molecule has 0 aliphatic carbocycles. The standard InChI is InChI=1S/C15H18F4N2O2/c16-12-3-1-2-4-13(12)20-6-8-21(9-7-20)14(22)5-10-23-11-15(17,18)19/h1-4H,5-11H2. The summed E-state index contributed by atoms with van der Waals surface area (Å²) < 4.78 is 53.9. The maximum absolute atomic E-state index is 13.7. The van der Waals surface area contributed by atoms with E-state index in [1.54, 1.807) is 23.1 Å². The fraction of sp³-hybridized carbons (Fsp3) is 0.533. The van der Waals surface area contributed by atoms with Crippen LogP contribution in [-0.4, -0.2) is 56.4 Å². The molecule has 1 amide bonds. The number of nitrogens with zero attached hydrogens (tertiary/aromatic N) is 2. The van der Waals surface area contributed by atoms with Crippen LogP contribution in [0, 0.1) is 5.82 Å². The van der Waals surface area contributed by atoms with E-state index >= 15 is 0 Å². The number of halogens is 4. The number of hydrogen-bond donors (Lipinski definition) is 0. The third-order valence-corrected chi connectivity index (χ3v) is 3.55. The highest BCUT2D eigenvalue weighted by molar-refractivity contribution is 5.76. The largest absolute Gasteiger partial charge is 0.411 e. The third-order valence-electron chi connectivity index (χ3n) is 3.55. The number of carbonyl (C=O) groups excluding carboxylic acids is 1. The van der Waals surface area contributed by atoms with Gasteiger partial charge in [-0.05, 0) is 12.1 Å². The lowest BCUT2D eigenvalue weighted by atomic mass is 10.2. The number of anilines is 1. The van der Waals surface area contributed by atoms with Gasteiger partial charge in [0.05, 0.1) is 18.7 Å². The Morgan fingerprint density at radius 3 is 2.39 bits per heavy atom. The molecular formula is C15H18F4N2O2. The minimum Gasteiger partial charge on any atom is -0.372 e. The third kappa shape index (κ3) is 5.38. The van der Waals surface area contributed by atoms with Crippen molar-refractivity contribution in [3.8, 4) is 0 Å². The molecule has 0 N–H and O–H groups in total. The summed E-state index contributed by atoms with van der Waals surface area (Å²) in [6.07, 6.45) is -4.47. The molecule has 0 saturated carbocycles. The summed E-state index contributed by atoms with van der Waals surface area (Å²) in [6, 6.07) is 6.41. The van der Waals surface area contributed by atoms with Crippen LogP contribution in [0.15, 0.2) is 24.3 Å². The van der Waals surface area contributed by atoms with Crippen molar-refractivity contribution in [3.63, 3.8) is 0 Å². The second-order valence-corrected chi connectivity index (χ2v) is 5.24. The molecule has 4 nitrogen and oxygen atoms in total. The normalized spacial score (nSPS) is 15.8. The van der Waals surface area contributed by atoms with Gasteiger partial charge in [0.2, 0.25) is 5.91 Å². The molecule has 128 valence electrons. The average molecular weight is 334 g/mol. The molecule has 1 saturated heterocycles. The number of ether oxygens (including phenoxy) is 1. The summed E-state index contributed by atoms with van der Waals surface area (Å²) in [6.45, 7) is 0.179. The summed E-state index contributed by atoms with van der Waals surface area (Å²) in [5.74, 6) is -0.562. The van der Waals surface area contributed by atoms with Gasteiger partial charge < -0.3 is 14.5 Å². The molecule has 0 bridgehead atoms. The zero-order valence-corrected chi connectivity index (χ0v) is 12.5. The average Bonchev–Trinajstić information content (AvgIpc) is 2.51. The lowest BCUT2D eigenvalue weighted by Gasteiger charge is -2.36. The summed E-state index contributed by atoms with van der Waals surface area (Å²) in [7, 11) is 0. The molecule has 0 aromatic heterocycles. The first-order valence-electron chi connectivity index (χ1n) is 7.28. The van der Waals surface area contributed by atoms with Crippen molar-refractivity contribution in [3.05, 3.63) is 30.1 Å². The van der Waals surface area contributed by atoms with Gasteiger partial charge in [-0.1, -0.05) is 12.1 Å². The minimum absolute atomic E-state index is 0.0875. The molecule has 23 heavy (non-hydrogen) atoms. The number of carbonyl (C=O) groups is 1. The number of piperazine rings is 1. The smallest absolute Gasteiger partial charge is 0.372 e. The highest BCUT2D eigenvalue weighted by atomic mass is 19.4. The van der Waals surface area contributed by atoms with Gasteiger partial charge in [0.25, 0.3) is 0 Å². The van der Waals surface area contributed by atoms with E-state index < -0.39 is 12.8 Å². The summed E-state index contributed by atoms with van der Waals surface area (Å²) >= 11 is 0. The zero-order chi connectivity index (χ0) is 16.9. The monoisotopic (exact) mass is 334 g/mol. The summed E-state index contributed by atoms with van der Waals surface area (Å²) in [4.78, 5) is 15.3. The molecule has 0 radical (unpaired) electrons. The Morgan fingerprint density at radius 1 is 1.13 bits per heavy atom. The van der Waals surface area contributed by atoms with E-state index in [0.717, 1.165) is 0 Å². The van der Waals surface area contributed by atoms with E-state index in [-0.39, 0.29) is 24.8 Å². The second kappa shape index (κ2) is 7.63. The van der Waals surface area contributed by atoms with Crippen molar-refractivity contribution in [2.75, 3.05) is 44.3 Å². The van der Waals surface area contributed by atoms with Crippen LogP contribution in [0.5, 0.6) is 0 Å². The zero-order valence-electron chi connectivity index (χ0n) is 12.5. The Balaban J connectivity index is 1.74. The first-order valence-corrected chi connectivity index (χ1v) is 7.28. The van der Waals surface area contributed by atoms with E-state index in [9.17, 15) is 22.4 Å². The number of alkyl halides is 3. The number of para-hydroxylation sites is 1. The van der Waals surface area contributed by atoms with E-state index in [1.807, 2.05) is 4.90 Å². The molecule has 2 rings (SSSR count). The Kier molecular flexibility index (Phi) is 5.81. The van der Waals surface area contributed by atoms with Crippen molar-refractivity contribution < 1.29 is 27.1 Å². The van der Waals surface area contributed by atoms with Crippen LogP contribution in [0.25, 0.3) is 0 Å². The number of benzene rings is 1. The van der Waals surface area contributed by atoms with Crippen molar-refractivity contribution in [1.82, 2.24) is 4.90 Å². The minimum atomic E-state index is -4.38. The Hall–Kier alpha value is -1.83. The molecule has 0 atom stereocenters. The van der Waals surface area contributed by atoms with Crippen LogP contribution in [-0.2, 0) is 9.53 Å². The lowest BCUT2D eigenvalue weighted by molar-refractivity contribution is -0.175. The Morgan fingerprint density at radius 2 is 1.78 bits per heavy atom. The first kappa shape index (κ1) is 17.5. The first-order chi connectivity index (χ1) is 10.9. The summed E-state index contributed by atoms with van der Waals surface area (Å²) in [5.41, 5.74) is 0.494. The maximum atomic E-state index is 13.7. The molecule has 1 aromatic rings. The fourth-order valence-electron chi connectivity index (χ4n) is 2.41. The molecule has 0 unspecified atom stereocenters. The van der Waals surface area contributed by atoms with E-state index in [1.165, 1.54) is 6.07 Å². The second-order valence-electron chi connectivity index (χ2n) is 5.24. The number of amides is 1. The van der Waals surface area contributed by atoms with Crippen LogP contribution < -0.4 is 4.90 Å². The van der Waals surface area contributed by atoms with Crippen molar-refractivity contribution >= 4 is 11.6 Å². The van der Waals surface area contributed by atoms with Gasteiger partial charge in [-0.25, -0.2) is 4.39 Å². The van der Waals surface area contributed by atoms with Crippen LogP contribution in [0.2, 0.25) is 0 Å². The van der Waals surface area contributed by atoms with Crippen molar-refractivity contribution in [1.29, 1.82) is 0 Å². The maximum Gasteiger partial charge on any atom is 0.411 e. The lowest BCUT2D eigenvalue weighted by Crippen LogP contribution is -2.49. The van der Waals surface area contributed by atoms with Gasteiger partial charge >= 0.3 is 6.18 Å². The van der Waals surface area contributed by atoms with Gasteiger partial charge in [0.15, 0.2) is 0 Å². The fourth-order valence-corrected chi connectivity index (χ4v) is 2.41. The van der Waals surface area contributed by atoms with E-state index in [4.69, 9.17) is 0 Å². The molecule has 1 aromatic carbocycles. The Labute approximate surface area is 131 Å². The van der Waals surface area contributed by atoms with E-state index in [0.29, 0.717) is 31.9 Å². The van der Waals surface area contributed by atoms with Gasteiger partial charge in [-0.15, -0.1) is 0 Å². The predicted octanol–water partition coefficient (Wildman–Crippen LogP) is 2.44. The van der Waals surface area contributed by atoms with Gasteiger partial charge in [-0.2, -0.15) is 13.2 Å². The molecule has 0 spiro atoms. The van der Waals surface area contributed by atoms with Gasteiger partial charge in [-0.3, -0.25) is 4.79 Å². The quantitative estimate of drug-likeness (QED) is 0.612. The highest BCUT2D eigenvalue weighted by Gasteiger charge is 2.28. The van der Waals surface area contributed by atoms with Gasteiger partial charge in [0, 0.05) is 26.2 Å². The molecule has 1 aliphatic heterocycles.